The van der Waals surface area contributed by atoms with Crippen LogP contribution in [0.1, 0.15) is 89.7 Å². The van der Waals surface area contributed by atoms with Crippen molar-refractivity contribution in [2.24, 2.45) is 5.92 Å². The van der Waals surface area contributed by atoms with Crippen LogP contribution in [0.2, 0.25) is 0 Å². The Hall–Kier alpha value is -5.08. The van der Waals surface area contributed by atoms with Crippen LogP contribution >= 0.6 is 0 Å². The fraction of sp³-hybridized carbons (Fsp3) is 0.564. The molecule has 1 aliphatic carbocycles. The maximum atomic E-state index is 14.5. The summed E-state index contributed by atoms with van der Waals surface area (Å²) in [6.45, 7) is 5.21. The summed E-state index contributed by atoms with van der Waals surface area (Å²) < 4.78 is 31.0. The highest BCUT2D eigenvalue weighted by Gasteiger charge is 2.62. The second-order valence-corrected chi connectivity index (χ2v) is 15.6. The number of carbonyl (C=O) groups excluding carboxylic acids is 5. The average Bonchev–Trinajstić information content (AvgIpc) is 3.42. The third kappa shape index (κ3) is 8.99. The zero-order chi connectivity index (χ0) is 38.6. The number of nitrogens with one attached hydrogen (secondary N) is 3. The second kappa shape index (κ2) is 16.1. The topological polar surface area (TPSA) is 165 Å². The Kier molecular flexibility index (Phi) is 11.5. The van der Waals surface area contributed by atoms with E-state index in [1.807, 2.05) is 0 Å². The highest BCUT2D eigenvalue weighted by atomic mass is 19.1. The number of nitrogens with zero attached hydrogens (tertiary/aromatic N) is 2. The zero-order valence-electron chi connectivity index (χ0n) is 31.3. The first-order valence-electron chi connectivity index (χ1n) is 18.7. The summed E-state index contributed by atoms with van der Waals surface area (Å²) in [5.74, 6) is -1.36. The molecule has 3 heterocycles. The van der Waals surface area contributed by atoms with Crippen LogP contribution in [0.5, 0.6) is 11.5 Å². The lowest BCUT2D eigenvalue weighted by Gasteiger charge is -2.30. The Balaban J connectivity index is 1.23. The summed E-state index contributed by atoms with van der Waals surface area (Å²) >= 11 is 0. The SMILES string of the molecule is COc1cccc(ONC(=O)[C@@]23C[C@H]2CCCCCCC[C@H](NC(=O)OC(C)(C)C)C(=O)N2C[C@H](OC(=O)N4Cc5cccc(F)c5C4)C[C@H]2C(=O)N3)c1. The maximum Gasteiger partial charge on any atom is 0.410 e. The van der Waals surface area contributed by atoms with E-state index >= 15 is 0 Å². The van der Waals surface area contributed by atoms with E-state index in [2.05, 4.69) is 16.1 Å². The monoisotopic (exact) mass is 751 g/mol. The van der Waals surface area contributed by atoms with E-state index in [0.717, 1.165) is 25.7 Å². The number of ether oxygens (including phenoxy) is 3. The van der Waals surface area contributed by atoms with E-state index in [4.69, 9.17) is 19.0 Å². The molecule has 15 heteroatoms. The average molecular weight is 752 g/mol. The molecule has 0 aromatic heterocycles. The molecule has 6 rings (SSSR count). The predicted molar refractivity (Wildman–Crippen MR) is 192 cm³/mol. The van der Waals surface area contributed by atoms with E-state index < -0.39 is 65.1 Å². The minimum absolute atomic E-state index is 0.0266. The van der Waals surface area contributed by atoms with Crippen LogP contribution in [0.3, 0.4) is 0 Å². The lowest BCUT2D eigenvalue weighted by atomic mass is 10.0. The summed E-state index contributed by atoms with van der Waals surface area (Å²) in [6.07, 6.45) is 3.02. The first kappa shape index (κ1) is 38.6. The van der Waals surface area contributed by atoms with Crippen LogP contribution in [0.15, 0.2) is 42.5 Å². The molecule has 5 atom stereocenters. The van der Waals surface area contributed by atoms with Gasteiger partial charge in [-0.2, -0.15) is 5.48 Å². The molecule has 0 bridgehead atoms. The molecule has 3 N–H and O–H groups in total. The molecule has 2 aromatic carbocycles. The van der Waals surface area contributed by atoms with Gasteiger partial charge in [-0.25, -0.2) is 14.0 Å². The van der Waals surface area contributed by atoms with Crippen LogP contribution in [-0.4, -0.2) is 82.7 Å². The zero-order valence-corrected chi connectivity index (χ0v) is 31.3. The molecular formula is C39H50FN5O9. The lowest BCUT2D eigenvalue weighted by molar-refractivity contribution is -0.142. The van der Waals surface area contributed by atoms with Gasteiger partial charge < -0.3 is 34.6 Å². The van der Waals surface area contributed by atoms with Crippen LogP contribution in [0.25, 0.3) is 0 Å². The molecule has 3 aliphatic heterocycles. The van der Waals surface area contributed by atoms with Crippen molar-refractivity contribution in [2.75, 3.05) is 13.7 Å². The minimum atomic E-state index is -1.29. The second-order valence-electron chi connectivity index (χ2n) is 15.6. The Labute approximate surface area is 314 Å². The fourth-order valence-electron chi connectivity index (χ4n) is 7.61. The van der Waals surface area contributed by atoms with Crippen LogP contribution < -0.4 is 25.7 Å². The van der Waals surface area contributed by atoms with Crippen molar-refractivity contribution in [3.8, 4) is 11.5 Å². The summed E-state index contributed by atoms with van der Waals surface area (Å²) in [4.78, 5) is 77.2. The number of methoxy groups -OCH3 is 1. The number of hydroxylamine groups is 1. The molecular weight excluding hydrogens is 701 g/mol. The van der Waals surface area contributed by atoms with Gasteiger partial charge in [-0.05, 0) is 69.7 Å². The summed E-state index contributed by atoms with van der Waals surface area (Å²) in [5, 5.41) is 5.69. The number of hydrogen-bond acceptors (Lipinski definition) is 9. The highest BCUT2D eigenvalue weighted by molar-refractivity contribution is 5.98. The van der Waals surface area contributed by atoms with E-state index in [9.17, 15) is 28.4 Å². The van der Waals surface area contributed by atoms with Gasteiger partial charge in [0.1, 0.15) is 40.9 Å². The Bertz CT molecular complexity index is 1750. The largest absolute Gasteiger partial charge is 0.497 e. The minimum Gasteiger partial charge on any atom is -0.497 e. The molecule has 54 heavy (non-hydrogen) atoms. The molecule has 0 unspecified atom stereocenters. The van der Waals surface area contributed by atoms with Gasteiger partial charge in [-0.3, -0.25) is 19.3 Å². The summed E-state index contributed by atoms with van der Waals surface area (Å²) in [7, 11) is 1.52. The quantitative estimate of drug-likeness (QED) is 0.349. The number of benzene rings is 2. The Morgan fingerprint density at radius 2 is 1.69 bits per heavy atom. The lowest BCUT2D eigenvalue weighted by Crippen LogP contribution is -2.58. The van der Waals surface area contributed by atoms with Crippen molar-refractivity contribution in [3.05, 3.63) is 59.4 Å². The normalized spacial score (nSPS) is 25.8. The molecule has 14 nitrogen and oxygen atoms in total. The third-order valence-corrected chi connectivity index (χ3v) is 10.5. The summed E-state index contributed by atoms with van der Waals surface area (Å²) in [6, 6.07) is 9.23. The Morgan fingerprint density at radius 1 is 0.963 bits per heavy atom. The number of rotatable bonds is 6. The number of alkyl carbamates (subject to hydrolysis) is 1. The standard InChI is InChI=1S/C39H50FN5O9/c1-38(2,3)53-36(49)41-31-17-9-7-5-6-8-13-25-20-39(25,35(48)43-54-27-15-11-14-26(18-27)51-4)42-33(46)32-19-28(22-45(32)34(31)47)52-37(50)44-21-24-12-10-16-30(40)29(24)23-44/h10-12,14-16,18,25,28,31-32H,5-9,13,17,19-23H2,1-4H3,(H,41,49)(H,42,46)(H,43,48)/t25-,28-,31+,32+,39-/m1/s1. The van der Waals surface area contributed by atoms with E-state index in [1.165, 1.54) is 23.0 Å². The van der Waals surface area contributed by atoms with Gasteiger partial charge in [0.05, 0.1) is 20.2 Å². The van der Waals surface area contributed by atoms with Crippen LogP contribution in [-0.2, 0) is 36.9 Å². The number of amides is 5. The van der Waals surface area contributed by atoms with E-state index in [0.29, 0.717) is 48.3 Å². The summed E-state index contributed by atoms with van der Waals surface area (Å²) in [5.41, 5.74) is 1.49. The van der Waals surface area contributed by atoms with Crippen molar-refractivity contribution in [3.63, 3.8) is 0 Å². The number of hydrogen-bond donors (Lipinski definition) is 3. The fourth-order valence-corrected chi connectivity index (χ4v) is 7.61. The van der Waals surface area contributed by atoms with Crippen LogP contribution in [0.4, 0.5) is 14.0 Å². The number of fused-ring (bicyclic) bond motifs is 3. The molecule has 5 amide bonds. The number of halogens is 1. The van der Waals surface area contributed by atoms with Crippen LogP contribution in [0, 0.1) is 11.7 Å². The maximum absolute atomic E-state index is 14.5. The smallest absolute Gasteiger partial charge is 0.410 e. The molecule has 2 aromatic rings. The van der Waals surface area contributed by atoms with Gasteiger partial charge >= 0.3 is 12.2 Å². The van der Waals surface area contributed by atoms with Gasteiger partial charge in [-0.15, -0.1) is 0 Å². The van der Waals surface area contributed by atoms with Crippen molar-refractivity contribution < 1.29 is 47.4 Å². The predicted octanol–water partition coefficient (Wildman–Crippen LogP) is 4.88. The molecule has 4 aliphatic rings. The molecule has 1 saturated carbocycles. The van der Waals surface area contributed by atoms with E-state index in [-0.39, 0.29) is 32.0 Å². The highest BCUT2D eigenvalue weighted by Crippen LogP contribution is 2.48. The number of carbonyl (C=O) groups is 5. The molecule has 3 fully saturated rings. The van der Waals surface area contributed by atoms with Gasteiger partial charge in [0, 0.05) is 24.6 Å². The van der Waals surface area contributed by atoms with Crippen molar-refractivity contribution in [1.29, 1.82) is 0 Å². The van der Waals surface area contributed by atoms with Crippen molar-refractivity contribution >= 4 is 29.9 Å². The molecule has 292 valence electrons. The van der Waals surface area contributed by atoms with Crippen molar-refractivity contribution in [2.45, 2.75) is 121 Å². The Morgan fingerprint density at radius 3 is 2.43 bits per heavy atom. The first-order valence-corrected chi connectivity index (χ1v) is 18.7. The molecule has 0 radical (unpaired) electrons. The molecule has 2 saturated heterocycles. The van der Waals surface area contributed by atoms with Gasteiger partial charge in [0.25, 0.3) is 5.91 Å². The van der Waals surface area contributed by atoms with Gasteiger partial charge in [0.2, 0.25) is 11.8 Å². The van der Waals surface area contributed by atoms with Crippen molar-refractivity contribution in [1.82, 2.24) is 25.9 Å². The first-order chi connectivity index (χ1) is 25.8. The van der Waals surface area contributed by atoms with E-state index in [1.54, 1.807) is 57.2 Å². The third-order valence-electron chi connectivity index (χ3n) is 10.5. The van der Waals surface area contributed by atoms with Gasteiger partial charge in [-0.1, -0.05) is 50.3 Å². The molecule has 0 spiro atoms. The van der Waals surface area contributed by atoms with Gasteiger partial charge in [0.15, 0.2) is 5.75 Å².